The highest BCUT2D eigenvalue weighted by Gasteiger charge is 2.31. The van der Waals surface area contributed by atoms with Gasteiger partial charge >= 0.3 is 5.97 Å². The zero-order valence-corrected chi connectivity index (χ0v) is 11.4. The zero-order valence-electron chi connectivity index (χ0n) is 11.4. The maximum Gasteiger partial charge on any atom is 0.326 e. The molecule has 0 saturated heterocycles. The van der Waals surface area contributed by atoms with Gasteiger partial charge in [0.2, 0.25) is 0 Å². The lowest BCUT2D eigenvalue weighted by atomic mass is 10.1. The Morgan fingerprint density at radius 2 is 2.11 bits per heavy atom. The van der Waals surface area contributed by atoms with Crippen LogP contribution < -0.4 is 5.32 Å². The van der Waals surface area contributed by atoms with Crippen molar-refractivity contribution >= 4 is 11.9 Å². The lowest BCUT2D eigenvalue weighted by molar-refractivity contribution is -0.139. The largest absolute Gasteiger partial charge is 0.480 e. The molecule has 1 heterocycles. The molecular weight excluding hydrogens is 246 g/mol. The molecule has 0 radical (unpaired) electrons. The van der Waals surface area contributed by atoms with E-state index in [0.29, 0.717) is 23.6 Å². The first-order valence-corrected chi connectivity index (χ1v) is 6.44. The Morgan fingerprint density at radius 3 is 2.53 bits per heavy atom. The number of carbonyl (C=O) groups excluding carboxylic acids is 1. The second kappa shape index (κ2) is 5.03. The molecule has 1 amide bonds. The molecule has 6 nitrogen and oxygen atoms in total. The number of carbonyl (C=O) groups is 2. The molecule has 2 rings (SSSR count). The van der Waals surface area contributed by atoms with E-state index >= 15 is 0 Å². The van der Waals surface area contributed by atoms with Gasteiger partial charge in [-0.3, -0.25) is 9.48 Å². The van der Waals surface area contributed by atoms with Crippen LogP contribution in [0, 0.1) is 19.8 Å². The molecule has 0 spiro atoms. The number of amides is 1. The third-order valence-corrected chi connectivity index (χ3v) is 3.61. The molecule has 1 aliphatic carbocycles. The molecule has 1 aliphatic rings. The smallest absolute Gasteiger partial charge is 0.326 e. The number of aliphatic carboxylic acids is 1. The fourth-order valence-corrected chi connectivity index (χ4v) is 2.24. The fourth-order valence-electron chi connectivity index (χ4n) is 2.24. The third-order valence-electron chi connectivity index (χ3n) is 3.61. The fraction of sp³-hybridized carbons (Fsp3) is 0.615. The van der Waals surface area contributed by atoms with Crippen molar-refractivity contribution in [3.05, 3.63) is 17.0 Å². The van der Waals surface area contributed by atoms with Gasteiger partial charge in [-0.25, -0.2) is 4.79 Å². The summed E-state index contributed by atoms with van der Waals surface area (Å²) in [6, 6.07) is -0.806. The Kier molecular flexibility index (Phi) is 3.59. The van der Waals surface area contributed by atoms with E-state index in [1.165, 1.54) is 0 Å². The third kappa shape index (κ3) is 2.94. The Balaban J connectivity index is 2.11. The molecule has 0 aromatic carbocycles. The van der Waals surface area contributed by atoms with Gasteiger partial charge in [0.15, 0.2) is 0 Å². The van der Waals surface area contributed by atoms with Gasteiger partial charge in [0, 0.05) is 12.7 Å². The first kappa shape index (κ1) is 13.6. The number of aromatic nitrogens is 2. The van der Waals surface area contributed by atoms with Crippen LogP contribution in [-0.2, 0) is 11.8 Å². The van der Waals surface area contributed by atoms with Gasteiger partial charge in [0.25, 0.3) is 5.91 Å². The minimum absolute atomic E-state index is 0.351. The highest BCUT2D eigenvalue weighted by molar-refractivity contribution is 5.98. The summed E-state index contributed by atoms with van der Waals surface area (Å²) in [7, 11) is 1.76. The van der Waals surface area contributed by atoms with Gasteiger partial charge in [0.1, 0.15) is 6.04 Å². The molecule has 0 aliphatic heterocycles. The van der Waals surface area contributed by atoms with Crippen molar-refractivity contribution in [2.45, 2.75) is 39.2 Å². The van der Waals surface area contributed by atoms with Crippen LogP contribution in [-0.4, -0.2) is 32.8 Å². The number of aryl methyl sites for hydroxylation is 2. The molecule has 1 atom stereocenters. The molecule has 1 fully saturated rings. The second-order valence-electron chi connectivity index (χ2n) is 5.21. The molecule has 104 valence electrons. The summed E-state index contributed by atoms with van der Waals surface area (Å²) in [4.78, 5) is 23.4. The maximum absolute atomic E-state index is 12.2. The van der Waals surface area contributed by atoms with Gasteiger partial charge in [0.05, 0.1) is 11.3 Å². The second-order valence-corrected chi connectivity index (χ2v) is 5.21. The molecule has 19 heavy (non-hydrogen) atoms. The zero-order chi connectivity index (χ0) is 14.2. The quantitative estimate of drug-likeness (QED) is 0.832. The molecule has 1 aromatic rings. The van der Waals surface area contributed by atoms with Crippen molar-refractivity contribution < 1.29 is 14.7 Å². The van der Waals surface area contributed by atoms with Gasteiger partial charge in [-0.2, -0.15) is 5.10 Å². The summed E-state index contributed by atoms with van der Waals surface area (Å²) in [5, 5.41) is 15.9. The summed E-state index contributed by atoms with van der Waals surface area (Å²) < 4.78 is 1.63. The lowest BCUT2D eigenvalue weighted by Crippen LogP contribution is -2.41. The summed E-state index contributed by atoms with van der Waals surface area (Å²) >= 11 is 0. The van der Waals surface area contributed by atoms with Crippen molar-refractivity contribution in [3.8, 4) is 0 Å². The predicted octanol–water partition coefficient (Wildman–Crippen LogP) is 1.02. The minimum Gasteiger partial charge on any atom is -0.480 e. The van der Waals surface area contributed by atoms with Crippen LogP contribution in [0.3, 0.4) is 0 Å². The van der Waals surface area contributed by atoms with Crippen molar-refractivity contribution in [1.82, 2.24) is 15.1 Å². The Labute approximate surface area is 111 Å². The lowest BCUT2D eigenvalue weighted by Gasteiger charge is -2.14. The summed E-state index contributed by atoms with van der Waals surface area (Å²) in [5.74, 6) is -0.881. The molecule has 6 heteroatoms. The van der Waals surface area contributed by atoms with Crippen molar-refractivity contribution in [3.63, 3.8) is 0 Å². The minimum atomic E-state index is -0.973. The predicted molar refractivity (Wildman–Crippen MR) is 68.9 cm³/mol. The summed E-state index contributed by atoms with van der Waals surface area (Å²) in [6.07, 6.45) is 2.63. The van der Waals surface area contributed by atoms with E-state index in [9.17, 15) is 9.59 Å². The highest BCUT2D eigenvalue weighted by Crippen LogP contribution is 2.33. The summed E-state index contributed by atoms with van der Waals surface area (Å²) in [6.45, 7) is 3.55. The molecular formula is C13H19N3O3. The van der Waals surface area contributed by atoms with E-state index in [1.54, 1.807) is 25.6 Å². The number of carboxylic acids is 1. The first-order valence-electron chi connectivity index (χ1n) is 6.44. The van der Waals surface area contributed by atoms with E-state index in [4.69, 9.17) is 5.11 Å². The van der Waals surface area contributed by atoms with Crippen molar-refractivity contribution in [1.29, 1.82) is 0 Å². The number of nitrogens with zero attached hydrogens (tertiary/aromatic N) is 2. The molecule has 2 N–H and O–H groups in total. The van der Waals surface area contributed by atoms with Crippen molar-refractivity contribution in [2.75, 3.05) is 0 Å². The monoisotopic (exact) mass is 265 g/mol. The van der Waals surface area contributed by atoms with Crippen LogP contribution in [0.5, 0.6) is 0 Å². The summed E-state index contributed by atoms with van der Waals surface area (Å²) in [5.41, 5.74) is 1.84. The van der Waals surface area contributed by atoms with Crippen LogP contribution in [0.4, 0.5) is 0 Å². The SMILES string of the molecule is Cc1nn(C)c(C)c1C(=O)NC(CC1CC1)C(=O)O. The van der Waals surface area contributed by atoms with Crippen LogP contribution >= 0.6 is 0 Å². The molecule has 1 saturated carbocycles. The number of hydrogen-bond acceptors (Lipinski definition) is 3. The first-order chi connectivity index (χ1) is 8.90. The number of carboxylic acid groups (broad SMARTS) is 1. The van der Waals surface area contributed by atoms with Gasteiger partial charge in [-0.05, 0) is 26.2 Å². The van der Waals surface area contributed by atoms with E-state index in [0.717, 1.165) is 18.5 Å². The van der Waals surface area contributed by atoms with Gasteiger partial charge < -0.3 is 10.4 Å². The highest BCUT2D eigenvalue weighted by atomic mass is 16.4. The van der Waals surface area contributed by atoms with E-state index in [2.05, 4.69) is 10.4 Å². The number of hydrogen-bond donors (Lipinski definition) is 2. The van der Waals surface area contributed by atoms with Crippen LogP contribution in [0.15, 0.2) is 0 Å². The van der Waals surface area contributed by atoms with E-state index < -0.39 is 12.0 Å². The molecule has 1 aromatic heterocycles. The molecule has 0 bridgehead atoms. The van der Waals surface area contributed by atoms with E-state index in [1.807, 2.05) is 0 Å². The van der Waals surface area contributed by atoms with Crippen LogP contribution in [0.2, 0.25) is 0 Å². The normalized spacial score (nSPS) is 16.2. The Morgan fingerprint density at radius 1 is 1.47 bits per heavy atom. The number of rotatable bonds is 5. The Hall–Kier alpha value is -1.85. The van der Waals surface area contributed by atoms with E-state index in [-0.39, 0.29) is 5.91 Å². The van der Waals surface area contributed by atoms with Crippen LogP contribution in [0.25, 0.3) is 0 Å². The average Bonchev–Trinajstić information content (AvgIpc) is 3.07. The van der Waals surface area contributed by atoms with Gasteiger partial charge in [-0.1, -0.05) is 12.8 Å². The topological polar surface area (TPSA) is 84.2 Å². The Bertz CT molecular complexity index is 517. The maximum atomic E-state index is 12.2. The van der Waals surface area contributed by atoms with Crippen LogP contribution in [0.1, 0.15) is 41.0 Å². The van der Waals surface area contributed by atoms with Gasteiger partial charge in [-0.15, -0.1) is 0 Å². The van der Waals surface area contributed by atoms with Crippen molar-refractivity contribution in [2.24, 2.45) is 13.0 Å². The standard InChI is InChI=1S/C13H19N3O3/c1-7-11(8(2)16(3)15-7)12(17)14-10(13(18)19)6-9-4-5-9/h9-10H,4-6H2,1-3H3,(H,14,17)(H,18,19). The number of nitrogens with one attached hydrogen (secondary N) is 1. The average molecular weight is 265 g/mol. The molecule has 1 unspecified atom stereocenters.